The van der Waals surface area contributed by atoms with Crippen molar-refractivity contribution in [3.05, 3.63) is 54.6 Å². The van der Waals surface area contributed by atoms with E-state index in [4.69, 9.17) is 0 Å². The quantitative estimate of drug-likeness (QED) is 0.793. The maximum atomic E-state index is 13.1. The van der Waals surface area contributed by atoms with Crippen LogP contribution >= 0.6 is 0 Å². The molecular formula is C22H26N2O3S. The third-order valence-electron chi connectivity index (χ3n) is 5.86. The highest BCUT2D eigenvalue weighted by atomic mass is 32.2. The zero-order valence-electron chi connectivity index (χ0n) is 16.2. The number of hydrogen-bond donors (Lipinski definition) is 0. The van der Waals surface area contributed by atoms with Crippen LogP contribution in [-0.4, -0.2) is 49.7 Å². The fourth-order valence-corrected chi connectivity index (χ4v) is 5.19. The van der Waals surface area contributed by atoms with Gasteiger partial charge in [0.15, 0.2) is 0 Å². The second-order valence-corrected chi connectivity index (χ2v) is 9.94. The molecule has 2 aromatic rings. The Labute approximate surface area is 167 Å². The molecule has 1 aliphatic carbocycles. The zero-order chi connectivity index (χ0) is 19.8. The normalized spacial score (nSPS) is 19.8. The van der Waals surface area contributed by atoms with Crippen LogP contribution in [0.2, 0.25) is 0 Å². The minimum absolute atomic E-state index is 0.180. The zero-order valence-corrected chi connectivity index (χ0v) is 17.0. The van der Waals surface area contributed by atoms with Crippen molar-refractivity contribution in [2.75, 3.05) is 26.2 Å². The highest BCUT2D eigenvalue weighted by Gasteiger charge is 2.47. The fourth-order valence-electron chi connectivity index (χ4n) is 3.72. The van der Waals surface area contributed by atoms with Crippen molar-refractivity contribution in [2.24, 2.45) is 5.41 Å². The van der Waals surface area contributed by atoms with Gasteiger partial charge in [-0.15, -0.1) is 0 Å². The van der Waals surface area contributed by atoms with Gasteiger partial charge in [0.25, 0.3) is 0 Å². The smallest absolute Gasteiger partial charge is 0.243 e. The van der Waals surface area contributed by atoms with Gasteiger partial charge < -0.3 is 4.90 Å². The van der Waals surface area contributed by atoms with Crippen LogP contribution in [0.3, 0.4) is 0 Å². The van der Waals surface area contributed by atoms with Crippen molar-refractivity contribution in [1.82, 2.24) is 9.21 Å². The van der Waals surface area contributed by atoms with Gasteiger partial charge in [-0.1, -0.05) is 49.4 Å². The Hall–Kier alpha value is -2.18. The van der Waals surface area contributed by atoms with Crippen molar-refractivity contribution in [3.8, 4) is 11.1 Å². The maximum Gasteiger partial charge on any atom is 0.243 e. The van der Waals surface area contributed by atoms with E-state index >= 15 is 0 Å². The van der Waals surface area contributed by atoms with Crippen LogP contribution in [0, 0.1) is 5.41 Å². The molecule has 4 rings (SSSR count). The van der Waals surface area contributed by atoms with Gasteiger partial charge in [0.2, 0.25) is 15.9 Å². The highest BCUT2D eigenvalue weighted by Crippen LogP contribution is 2.46. The van der Waals surface area contributed by atoms with Gasteiger partial charge in [0, 0.05) is 31.6 Å². The number of rotatable bonds is 4. The van der Waals surface area contributed by atoms with Crippen molar-refractivity contribution >= 4 is 15.9 Å². The molecule has 6 heteroatoms. The van der Waals surface area contributed by atoms with Crippen LogP contribution in [0.5, 0.6) is 0 Å². The van der Waals surface area contributed by atoms with Crippen molar-refractivity contribution in [3.63, 3.8) is 0 Å². The molecule has 2 aliphatic rings. The van der Waals surface area contributed by atoms with E-state index in [9.17, 15) is 13.2 Å². The Morgan fingerprint density at radius 1 is 0.857 bits per heavy atom. The van der Waals surface area contributed by atoms with Gasteiger partial charge in [-0.2, -0.15) is 4.31 Å². The number of amides is 1. The van der Waals surface area contributed by atoms with E-state index in [0.717, 1.165) is 24.0 Å². The first-order chi connectivity index (χ1) is 13.4. The lowest BCUT2D eigenvalue weighted by atomic mass is 10.1. The van der Waals surface area contributed by atoms with Crippen LogP contribution in [-0.2, 0) is 14.8 Å². The maximum absolute atomic E-state index is 13.1. The van der Waals surface area contributed by atoms with Crippen LogP contribution in [0.25, 0.3) is 11.1 Å². The van der Waals surface area contributed by atoms with E-state index in [0.29, 0.717) is 37.5 Å². The number of carbonyl (C=O) groups excluding carboxylic acids is 1. The molecule has 0 N–H and O–H groups in total. The molecule has 0 aromatic heterocycles. The number of nitrogens with zero attached hydrogens (tertiary/aromatic N) is 2. The van der Waals surface area contributed by atoms with Gasteiger partial charge >= 0.3 is 0 Å². The first kappa shape index (κ1) is 19.2. The third-order valence-corrected chi connectivity index (χ3v) is 7.77. The standard InChI is InChI=1S/C22H26N2O3S/c1-22(12-13-22)21(25)23-14-5-15-24(17-16-23)28(26,27)20-10-8-19(9-11-20)18-6-3-2-4-7-18/h2-4,6-11H,5,12-17H2,1H3. The van der Waals surface area contributed by atoms with E-state index in [-0.39, 0.29) is 11.3 Å². The number of carbonyl (C=O) groups is 1. The SMILES string of the molecule is CC1(C(=O)N2CCCN(S(=O)(=O)c3ccc(-c4ccccc4)cc3)CC2)CC1. The summed E-state index contributed by atoms with van der Waals surface area (Å²) in [4.78, 5) is 14.7. The van der Waals surface area contributed by atoms with Crippen LogP contribution in [0.4, 0.5) is 0 Å². The van der Waals surface area contributed by atoms with E-state index in [1.54, 1.807) is 12.1 Å². The second kappa shape index (κ2) is 7.33. The number of hydrogen-bond acceptors (Lipinski definition) is 3. The van der Waals surface area contributed by atoms with Crippen LogP contribution < -0.4 is 0 Å². The summed E-state index contributed by atoms with van der Waals surface area (Å²) in [5.41, 5.74) is 1.84. The molecule has 148 valence electrons. The molecule has 1 heterocycles. The molecule has 0 bridgehead atoms. The molecule has 0 radical (unpaired) electrons. The molecule has 0 atom stereocenters. The molecule has 1 amide bonds. The molecule has 1 aliphatic heterocycles. The lowest BCUT2D eigenvalue weighted by Gasteiger charge is -2.24. The molecule has 28 heavy (non-hydrogen) atoms. The number of benzene rings is 2. The molecule has 2 fully saturated rings. The average molecular weight is 399 g/mol. The fraction of sp³-hybridized carbons (Fsp3) is 0.409. The minimum atomic E-state index is -3.56. The third kappa shape index (κ3) is 3.71. The predicted molar refractivity (Wildman–Crippen MR) is 109 cm³/mol. The average Bonchev–Trinajstić information content (AvgIpc) is 3.51. The van der Waals surface area contributed by atoms with Gasteiger partial charge in [0.1, 0.15) is 0 Å². The van der Waals surface area contributed by atoms with Crippen molar-refractivity contribution < 1.29 is 13.2 Å². The van der Waals surface area contributed by atoms with Gasteiger partial charge in [0.05, 0.1) is 4.90 Å². The number of sulfonamides is 1. The molecular weight excluding hydrogens is 372 g/mol. The Kier molecular flexibility index (Phi) is 5.02. The predicted octanol–water partition coefficient (Wildman–Crippen LogP) is 3.38. The van der Waals surface area contributed by atoms with E-state index in [2.05, 4.69) is 0 Å². The Morgan fingerprint density at radius 2 is 1.50 bits per heavy atom. The monoisotopic (exact) mass is 398 g/mol. The highest BCUT2D eigenvalue weighted by molar-refractivity contribution is 7.89. The van der Waals surface area contributed by atoms with Crippen molar-refractivity contribution in [2.45, 2.75) is 31.1 Å². The second-order valence-electron chi connectivity index (χ2n) is 8.00. The Balaban J connectivity index is 1.48. The Morgan fingerprint density at radius 3 is 2.14 bits per heavy atom. The summed E-state index contributed by atoms with van der Waals surface area (Å²) in [6.45, 7) is 3.90. The molecule has 2 aromatic carbocycles. The topological polar surface area (TPSA) is 57.7 Å². The first-order valence-electron chi connectivity index (χ1n) is 9.85. The first-order valence-corrected chi connectivity index (χ1v) is 11.3. The molecule has 1 saturated carbocycles. The largest absolute Gasteiger partial charge is 0.341 e. The van der Waals surface area contributed by atoms with E-state index < -0.39 is 10.0 Å². The van der Waals surface area contributed by atoms with Gasteiger partial charge in [-0.05, 0) is 42.5 Å². The summed E-state index contributed by atoms with van der Waals surface area (Å²) in [5.74, 6) is 0.180. The molecule has 1 saturated heterocycles. The van der Waals surface area contributed by atoms with Crippen LogP contribution in [0.1, 0.15) is 26.2 Å². The summed E-state index contributed by atoms with van der Waals surface area (Å²) in [6.07, 6.45) is 2.55. The molecule has 0 unspecified atom stereocenters. The van der Waals surface area contributed by atoms with E-state index in [1.165, 1.54) is 4.31 Å². The lowest BCUT2D eigenvalue weighted by Crippen LogP contribution is -2.40. The van der Waals surface area contributed by atoms with Gasteiger partial charge in [-0.25, -0.2) is 8.42 Å². The van der Waals surface area contributed by atoms with Gasteiger partial charge in [-0.3, -0.25) is 4.79 Å². The molecule has 0 spiro atoms. The van der Waals surface area contributed by atoms with Crippen molar-refractivity contribution in [1.29, 1.82) is 0 Å². The molecule has 5 nitrogen and oxygen atoms in total. The summed E-state index contributed by atoms with van der Waals surface area (Å²) in [5, 5.41) is 0. The summed E-state index contributed by atoms with van der Waals surface area (Å²) < 4.78 is 27.7. The minimum Gasteiger partial charge on any atom is -0.341 e. The summed E-state index contributed by atoms with van der Waals surface area (Å²) in [7, 11) is -3.56. The summed E-state index contributed by atoms with van der Waals surface area (Å²) in [6, 6.07) is 17.0. The van der Waals surface area contributed by atoms with Crippen LogP contribution in [0.15, 0.2) is 59.5 Å². The summed E-state index contributed by atoms with van der Waals surface area (Å²) >= 11 is 0. The lowest BCUT2D eigenvalue weighted by molar-refractivity contribution is -0.136. The van der Waals surface area contributed by atoms with E-state index in [1.807, 2.05) is 54.3 Å². The Bertz CT molecular complexity index is 951.